The second-order valence-electron chi connectivity index (χ2n) is 9.20. The minimum Gasteiger partial charge on any atom is -0.504 e. The van der Waals surface area contributed by atoms with E-state index in [1.807, 2.05) is 48.6 Å². The summed E-state index contributed by atoms with van der Waals surface area (Å²) in [6.45, 7) is 6.91. The smallest absolute Gasteiger partial charge is 0.255 e. The second kappa shape index (κ2) is 11.5. The Morgan fingerprint density at radius 3 is 2.65 bits per heavy atom. The summed E-state index contributed by atoms with van der Waals surface area (Å²) in [5.41, 5.74) is 7.21. The lowest BCUT2D eigenvalue weighted by atomic mass is 9.97. The van der Waals surface area contributed by atoms with Crippen molar-refractivity contribution < 1.29 is 14.6 Å². The van der Waals surface area contributed by atoms with Crippen molar-refractivity contribution in [1.29, 1.82) is 0 Å². The monoisotopic (exact) mass is 496 g/mol. The average Bonchev–Trinajstić information content (AvgIpc) is 3.35. The van der Waals surface area contributed by atoms with E-state index in [-0.39, 0.29) is 11.7 Å². The van der Waals surface area contributed by atoms with E-state index in [9.17, 15) is 9.90 Å². The molecule has 0 aliphatic carbocycles. The number of anilines is 2. The molecule has 0 saturated heterocycles. The number of benzene rings is 3. The van der Waals surface area contributed by atoms with Gasteiger partial charge in [-0.05, 0) is 84.1 Å². The van der Waals surface area contributed by atoms with Gasteiger partial charge in [0.05, 0.1) is 25.0 Å². The maximum absolute atomic E-state index is 12.8. The zero-order chi connectivity index (χ0) is 26.4. The normalized spacial score (nSPS) is 11.2. The molecule has 190 valence electrons. The molecule has 0 spiro atoms. The number of aromatic amines is 1. The minimum absolute atomic E-state index is 0.102. The molecule has 1 amide bonds. The molecule has 0 saturated carbocycles. The molecule has 0 radical (unpaired) electrons. The number of phenolic OH excluding ortho intramolecular Hbond substituents is 1. The Kier molecular flexibility index (Phi) is 7.93. The van der Waals surface area contributed by atoms with Gasteiger partial charge < -0.3 is 20.5 Å². The van der Waals surface area contributed by atoms with E-state index < -0.39 is 0 Å². The highest BCUT2D eigenvalue weighted by atomic mass is 16.5. The van der Waals surface area contributed by atoms with Crippen molar-refractivity contribution in [2.45, 2.75) is 33.2 Å². The number of aromatic hydroxyl groups is 1. The number of hydrogen-bond donors (Lipinski definition) is 4. The molecule has 0 unspecified atom stereocenters. The molecule has 4 N–H and O–H groups in total. The Labute approximate surface area is 217 Å². The SMILES string of the molecule is COc1cc(/C=C/c2cc(CNc3cccc(C(=O)Nc4ccc(C(C)C)c(C)c4)c3)[nH]n2)ccc1O. The van der Waals surface area contributed by atoms with E-state index in [1.54, 1.807) is 24.3 Å². The fraction of sp³-hybridized carbons (Fsp3) is 0.200. The second-order valence-corrected chi connectivity index (χ2v) is 9.20. The van der Waals surface area contributed by atoms with Crippen LogP contribution in [0.5, 0.6) is 11.5 Å². The van der Waals surface area contributed by atoms with Gasteiger partial charge in [-0.1, -0.05) is 38.1 Å². The topological polar surface area (TPSA) is 99.3 Å². The van der Waals surface area contributed by atoms with Gasteiger partial charge in [0.25, 0.3) is 5.91 Å². The number of carbonyl (C=O) groups is 1. The Morgan fingerprint density at radius 1 is 1.05 bits per heavy atom. The van der Waals surface area contributed by atoms with Crippen LogP contribution >= 0.6 is 0 Å². The number of carbonyl (C=O) groups excluding carboxylic acids is 1. The first-order valence-electron chi connectivity index (χ1n) is 12.2. The fourth-order valence-electron chi connectivity index (χ4n) is 4.11. The van der Waals surface area contributed by atoms with Gasteiger partial charge in [-0.3, -0.25) is 9.89 Å². The molecular formula is C30H32N4O3. The predicted molar refractivity (Wildman–Crippen MR) is 149 cm³/mol. The number of H-pyrrole nitrogens is 1. The quantitative estimate of drug-likeness (QED) is 0.209. The number of methoxy groups -OCH3 is 1. The Balaban J connectivity index is 1.35. The number of aromatic nitrogens is 2. The van der Waals surface area contributed by atoms with E-state index in [4.69, 9.17) is 4.74 Å². The van der Waals surface area contributed by atoms with Gasteiger partial charge in [0.2, 0.25) is 0 Å². The summed E-state index contributed by atoms with van der Waals surface area (Å²) < 4.78 is 5.15. The molecule has 0 atom stereocenters. The van der Waals surface area contributed by atoms with Crippen molar-refractivity contribution in [3.63, 3.8) is 0 Å². The Bertz CT molecular complexity index is 1420. The highest BCUT2D eigenvalue weighted by Crippen LogP contribution is 2.27. The molecule has 3 aromatic carbocycles. The fourth-order valence-corrected chi connectivity index (χ4v) is 4.11. The van der Waals surface area contributed by atoms with Crippen LogP contribution in [0.2, 0.25) is 0 Å². The molecule has 7 nitrogen and oxygen atoms in total. The van der Waals surface area contributed by atoms with Crippen LogP contribution in [-0.2, 0) is 6.54 Å². The maximum Gasteiger partial charge on any atom is 0.255 e. The van der Waals surface area contributed by atoms with E-state index in [2.05, 4.69) is 47.7 Å². The number of phenols is 1. The molecule has 0 aliphatic heterocycles. The summed E-state index contributed by atoms with van der Waals surface area (Å²) in [4.78, 5) is 12.8. The molecule has 1 heterocycles. The van der Waals surface area contributed by atoms with Gasteiger partial charge in [0.1, 0.15) is 0 Å². The molecule has 4 rings (SSSR count). The molecule has 0 fully saturated rings. The number of aryl methyl sites for hydroxylation is 1. The van der Waals surface area contributed by atoms with Crippen molar-refractivity contribution in [1.82, 2.24) is 10.2 Å². The third-order valence-corrected chi connectivity index (χ3v) is 6.06. The lowest BCUT2D eigenvalue weighted by Crippen LogP contribution is -2.12. The van der Waals surface area contributed by atoms with Crippen LogP contribution < -0.4 is 15.4 Å². The first kappa shape index (κ1) is 25.6. The molecule has 4 aromatic rings. The number of ether oxygens (including phenoxy) is 1. The summed E-state index contributed by atoms with van der Waals surface area (Å²) in [5, 5.41) is 23.4. The third-order valence-electron chi connectivity index (χ3n) is 6.06. The van der Waals surface area contributed by atoms with Crippen molar-refractivity contribution in [3.05, 3.63) is 100 Å². The predicted octanol–water partition coefficient (Wildman–Crippen LogP) is 6.59. The van der Waals surface area contributed by atoms with Crippen LogP contribution in [0.15, 0.2) is 66.7 Å². The Hall–Kier alpha value is -4.52. The van der Waals surface area contributed by atoms with Crippen molar-refractivity contribution in [2.24, 2.45) is 0 Å². The summed E-state index contributed by atoms with van der Waals surface area (Å²) in [5.74, 6) is 0.812. The molecule has 37 heavy (non-hydrogen) atoms. The minimum atomic E-state index is -0.153. The molecule has 7 heteroatoms. The van der Waals surface area contributed by atoms with Crippen LogP contribution in [0, 0.1) is 6.92 Å². The van der Waals surface area contributed by atoms with Crippen molar-refractivity contribution in [3.8, 4) is 11.5 Å². The molecule has 0 aliphatic rings. The lowest BCUT2D eigenvalue weighted by molar-refractivity contribution is 0.102. The van der Waals surface area contributed by atoms with Crippen LogP contribution in [0.25, 0.3) is 12.2 Å². The first-order chi connectivity index (χ1) is 17.8. The number of rotatable bonds is 9. The van der Waals surface area contributed by atoms with E-state index >= 15 is 0 Å². The number of hydrogen-bond acceptors (Lipinski definition) is 5. The van der Waals surface area contributed by atoms with Gasteiger partial charge in [-0.15, -0.1) is 0 Å². The van der Waals surface area contributed by atoms with Crippen LogP contribution in [0.1, 0.15) is 58.2 Å². The van der Waals surface area contributed by atoms with E-state index in [0.29, 0.717) is 23.8 Å². The zero-order valence-electron chi connectivity index (χ0n) is 21.5. The van der Waals surface area contributed by atoms with Gasteiger partial charge in [-0.2, -0.15) is 5.10 Å². The van der Waals surface area contributed by atoms with Crippen molar-refractivity contribution >= 4 is 29.4 Å². The molecule has 0 bridgehead atoms. The summed E-state index contributed by atoms with van der Waals surface area (Å²) in [6.07, 6.45) is 3.78. The molecule has 1 aromatic heterocycles. The standard InChI is InChI=1S/C30H32N4O3/c1-19(2)27-12-11-24(14-20(27)3)32-30(36)22-6-5-7-23(16-22)31-18-26-17-25(33-34-26)10-8-21-9-13-28(35)29(15-21)37-4/h5-17,19,31,35H,18H2,1-4H3,(H,32,36)(H,33,34)/b10-8+. The van der Waals surface area contributed by atoms with Crippen LogP contribution in [-0.4, -0.2) is 28.3 Å². The summed E-state index contributed by atoms with van der Waals surface area (Å²) in [7, 11) is 1.52. The van der Waals surface area contributed by atoms with Gasteiger partial charge >= 0.3 is 0 Å². The van der Waals surface area contributed by atoms with E-state index in [0.717, 1.165) is 28.3 Å². The summed E-state index contributed by atoms with van der Waals surface area (Å²) >= 11 is 0. The number of amides is 1. The molecular weight excluding hydrogens is 464 g/mol. The third kappa shape index (κ3) is 6.58. The Morgan fingerprint density at radius 2 is 1.89 bits per heavy atom. The number of nitrogens with one attached hydrogen (secondary N) is 3. The summed E-state index contributed by atoms with van der Waals surface area (Å²) in [6, 6.07) is 20.5. The highest BCUT2D eigenvalue weighted by molar-refractivity contribution is 6.04. The van der Waals surface area contributed by atoms with Gasteiger partial charge in [0.15, 0.2) is 11.5 Å². The van der Waals surface area contributed by atoms with Gasteiger partial charge in [-0.25, -0.2) is 0 Å². The maximum atomic E-state index is 12.8. The largest absolute Gasteiger partial charge is 0.504 e. The highest BCUT2D eigenvalue weighted by Gasteiger charge is 2.10. The van der Waals surface area contributed by atoms with E-state index in [1.165, 1.54) is 18.2 Å². The van der Waals surface area contributed by atoms with Crippen LogP contribution in [0.3, 0.4) is 0 Å². The zero-order valence-corrected chi connectivity index (χ0v) is 21.5. The lowest BCUT2D eigenvalue weighted by Gasteiger charge is -2.13. The number of nitrogens with zero attached hydrogens (tertiary/aromatic N) is 1. The first-order valence-corrected chi connectivity index (χ1v) is 12.2. The average molecular weight is 497 g/mol. The van der Waals surface area contributed by atoms with Crippen molar-refractivity contribution in [2.75, 3.05) is 17.7 Å². The van der Waals surface area contributed by atoms with Gasteiger partial charge in [0, 0.05) is 16.9 Å². The van der Waals surface area contributed by atoms with Crippen LogP contribution in [0.4, 0.5) is 11.4 Å².